The molecule has 0 bridgehead atoms. The van der Waals surface area contributed by atoms with Gasteiger partial charge in [0.1, 0.15) is 28.6 Å². The Labute approximate surface area is 307 Å². The molecule has 0 radical (unpaired) electrons. The van der Waals surface area contributed by atoms with Crippen molar-refractivity contribution in [3.63, 3.8) is 0 Å². The van der Waals surface area contributed by atoms with Crippen LogP contribution in [0.2, 0.25) is 0 Å². The van der Waals surface area contributed by atoms with Crippen molar-refractivity contribution in [3.8, 4) is 46.7 Å². The second-order valence-electron chi connectivity index (χ2n) is 10.1. The molecule has 3 aromatic carbocycles. The van der Waals surface area contributed by atoms with E-state index in [9.17, 15) is 19.2 Å². The van der Waals surface area contributed by atoms with Gasteiger partial charge >= 0.3 is 23.9 Å². The van der Waals surface area contributed by atoms with Gasteiger partial charge in [-0.1, -0.05) is 56.9 Å². The summed E-state index contributed by atoms with van der Waals surface area (Å²) >= 11 is 0. The number of carbonyl (C=O) groups excluding carboxylic acids is 4. The van der Waals surface area contributed by atoms with E-state index in [0.29, 0.717) is 45.7 Å². The van der Waals surface area contributed by atoms with Crippen LogP contribution in [0.4, 0.5) is 0 Å². The zero-order valence-corrected chi connectivity index (χ0v) is 29.2. The number of hydrogen-bond acceptors (Lipinski definition) is 12. The predicted molar refractivity (Wildman–Crippen MR) is 193 cm³/mol. The molecule has 0 unspecified atom stereocenters. The minimum absolute atomic E-state index is 0.197. The maximum atomic E-state index is 11.9. The van der Waals surface area contributed by atoms with E-state index < -0.39 is 37.5 Å². The van der Waals surface area contributed by atoms with Gasteiger partial charge in [0.2, 0.25) is 27.2 Å². The SMILES string of the molecule is C=CC(=O)OCOc1ccc(C#Cc2c(C)c(OCOC(=O)C=C)c(C#Cc3ccc(OCOC(=O)C=C)cc3)c(OCOC(=O)C=C)c2CC)cc1. The van der Waals surface area contributed by atoms with Crippen LogP contribution in [0.15, 0.2) is 99.2 Å². The number of hydrogen-bond donors (Lipinski definition) is 0. The van der Waals surface area contributed by atoms with Crippen molar-refractivity contribution in [2.24, 2.45) is 0 Å². The highest BCUT2D eigenvalue weighted by molar-refractivity contribution is 5.82. The van der Waals surface area contributed by atoms with Gasteiger partial charge in [0, 0.05) is 52.1 Å². The van der Waals surface area contributed by atoms with Crippen molar-refractivity contribution in [2.45, 2.75) is 20.3 Å². The molecule has 12 heteroatoms. The fourth-order valence-electron chi connectivity index (χ4n) is 4.23. The molecule has 0 aliphatic heterocycles. The summed E-state index contributed by atoms with van der Waals surface area (Å²) in [6.07, 6.45) is 4.47. The molecule has 0 saturated carbocycles. The highest BCUT2D eigenvalue weighted by atomic mass is 16.7. The molecule has 0 aliphatic carbocycles. The van der Waals surface area contributed by atoms with E-state index in [0.717, 1.165) is 24.3 Å². The van der Waals surface area contributed by atoms with Gasteiger partial charge in [-0.25, -0.2) is 19.2 Å². The summed E-state index contributed by atoms with van der Waals surface area (Å²) in [6, 6.07) is 13.4. The van der Waals surface area contributed by atoms with E-state index in [1.165, 1.54) is 0 Å². The van der Waals surface area contributed by atoms with Crippen LogP contribution in [0.1, 0.15) is 40.3 Å². The van der Waals surface area contributed by atoms with Crippen molar-refractivity contribution in [1.82, 2.24) is 0 Å². The second kappa shape index (κ2) is 21.1. The lowest BCUT2D eigenvalue weighted by atomic mass is 9.93. The third kappa shape index (κ3) is 12.6. The minimum atomic E-state index is -0.707. The lowest BCUT2D eigenvalue weighted by molar-refractivity contribution is -0.145. The summed E-state index contributed by atoms with van der Waals surface area (Å²) in [4.78, 5) is 46.3. The molecule has 0 fully saturated rings. The molecule has 0 atom stereocenters. The molecule has 3 rings (SSSR count). The second-order valence-corrected chi connectivity index (χ2v) is 10.1. The molecule has 272 valence electrons. The molecule has 0 N–H and O–H groups in total. The zero-order chi connectivity index (χ0) is 38.6. The summed E-state index contributed by atoms with van der Waals surface area (Å²) in [5.41, 5.74) is 3.19. The predicted octanol–water partition coefficient (Wildman–Crippen LogP) is 5.62. The molecule has 3 aromatic rings. The third-order valence-electron chi connectivity index (χ3n) is 6.80. The van der Waals surface area contributed by atoms with Crippen molar-refractivity contribution in [2.75, 3.05) is 27.2 Å². The number of esters is 4. The summed E-state index contributed by atoms with van der Waals surface area (Å²) in [5, 5.41) is 0. The van der Waals surface area contributed by atoms with Gasteiger partial charge < -0.3 is 37.9 Å². The standard InChI is InChI=1S/C41H36O12/c1-7-33-34(22-16-29-12-18-31(19-13-29)46-24-48-36(42)8-2)28(6)40(52-26-50-38(44)10-4)35(41(33)53-27-51-39(45)11-5)23-17-30-14-20-32(21-15-30)47-25-49-37(43)9-3/h8-15,18-21H,2-5,7,24-27H2,1,6H3. The van der Waals surface area contributed by atoms with Gasteiger partial charge in [0.25, 0.3) is 0 Å². The molecule has 0 amide bonds. The Bertz CT molecular complexity index is 1970. The Hall–Kier alpha value is -7.18. The molecule has 0 aromatic heterocycles. The van der Waals surface area contributed by atoms with Crippen molar-refractivity contribution in [1.29, 1.82) is 0 Å². The molecule has 0 heterocycles. The summed E-state index contributed by atoms with van der Waals surface area (Å²) < 4.78 is 42.8. The van der Waals surface area contributed by atoms with Crippen LogP contribution in [0.25, 0.3) is 0 Å². The number of rotatable bonds is 17. The normalized spacial score (nSPS) is 9.62. The largest absolute Gasteiger partial charge is 0.457 e. The lowest BCUT2D eigenvalue weighted by Crippen LogP contribution is -2.14. The van der Waals surface area contributed by atoms with Crippen molar-refractivity contribution in [3.05, 3.63) is 133 Å². The van der Waals surface area contributed by atoms with Gasteiger partial charge in [-0.2, -0.15) is 0 Å². The van der Waals surface area contributed by atoms with Crippen LogP contribution in [-0.2, 0) is 44.5 Å². The quantitative estimate of drug-likeness (QED) is 0.0562. The van der Waals surface area contributed by atoms with Crippen molar-refractivity contribution >= 4 is 23.9 Å². The average Bonchev–Trinajstić information content (AvgIpc) is 3.18. The molecular weight excluding hydrogens is 684 g/mol. The van der Waals surface area contributed by atoms with Gasteiger partial charge in [-0.3, -0.25) is 0 Å². The summed E-state index contributed by atoms with van der Waals surface area (Å²) in [6.45, 7) is 15.6. The van der Waals surface area contributed by atoms with Gasteiger partial charge in [-0.05, 0) is 61.9 Å². The Morgan fingerprint density at radius 1 is 0.528 bits per heavy atom. The van der Waals surface area contributed by atoms with Gasteiger partial charge in [-0.15, -0.1) is 0 Å². The van der Waals surface area contributed by atoms with Crippen LogP contribution >= 0.6 is 0 Å². The zero-order valence-electron chi connectivity index (χ0n) is 29.2. The number of carbonyl (C=O) groups is 4. The third-order valence-corrected chi connectivity index (χ3v) is 6.80. The molecule has 0 spiro atoms. The van der Waals surface area contributed by atoms with E-state index in [2.05, 4.69) is 50.0 Å². The van der Waals surface area contributed by atoms with E-state index in [1.54, 1.807) is 55.5 Å². The van der Waals surface area contributed by atoms with E-state index >= 15 is 0 Å². The highest BCUT2D eigenvalue weighted by Crippen LogP contribution is 2.39. The van der Waals surface area contributed by atoms with Crippen molar-refractivity contribution < 1.29 is 57.1 Å². The Morgan fingerprint density at radius 2 is 0.887 bits per heavy atom. The first kappa shape index (κ1) is 40.3. The maximum absolute atomic E-state index is 11.9. The molecule has 0 aliphatic rings. The molecule has 12 nitrogen and oxygen atoms in total. The monoisotopic (exact) mass is 720 g/mol. The Balaban J connectivity index is 2.09. The first-order valence-electron chi connectivity index (χ1n) is 15.7. The fraction of sp³-hybridized carbons (Fsp3) is 0.171. The van der Waals surface area contributed by atoms with Crippen LogP contribution in [0.3, 0.4) is 0 Å². The molecule has 53 heavy (non-hydrogen) atoms. The van der Waals surface area contributed by atoms with Crippen LogP contribution in [0.5, 0.6) is 23.0 Å². The highest BCUT2D eigenvalue weighted by Gasteiger charge is 2.23. The molecule has 0 saturated heterocycles. The number of benzene rings is 3. The van der Waals surface area contributed by atoms with E-state index in [-0.39, 0.29) is 30.6 Å². The maximum Gasteiger partial charge on any atom is 0.333 e. The minimum Gasteiger partial charge on any atom is -0.457 e. The fourth-order valence-corrected chi connectivity index (χ4v) is 4.23. The summed E-state index contributed by atoms with van der Waals surface area (Å²) in [5.74, 6) is 11.1. The Morgan fingerprint density at radius 3 is 1.26 bits per heavy atom. The smallest absolute Gasteiger partial charge is 0.333 e. The van der Waals surface area contributed by atoms with E-state index in [1.807, 2.05) is 6.92 Å². The topological polar surface area (TPSA) is 142 Å². The van der Waals surface area contributed by atoms with Crippen LogP contribution in [-0.4, -0.2) is 51.0 Å². The van der Waals surface area contributed by atoms with Gasteiger partial charge in [0.05, 0.1) is 0 Å². The van der Waals surface area contributed by atoms with Crippen LogP contribution < -0.4 is 18.9 Å². The first-order valence-corrected chi connectivity index (χ1v) is 15.7. The van der Waals surface area contributed by atoms with E-state index in [4.69, 9.17) is 37.9 Å². The van der Waals surface area contributed by atoms with Gasteiger partial charge in [0.15, 0.2) is 0 Å². The molecular formula is C41H36O12. The van der Waals surface area contributed by atoms with Crippen LogP contribution in [0, 0.1) is 30.6 Å². The number of ether oxygens (including phenoxy) is 8. The summed E-state index contributed by atoms with van der Waals surface area (Å²) in [7, 11) is 0. The lowest BCUT2D eigenvalue weighted by Gasteiger charge is -2.20. The Kier molecular flexibility index (Phi) is 16.0. The average molecular weight is 721 g/mol. The first-order chi connectivity index (χ1) is 25.6.